The Bertz CT molecular complexity index is 1210. The smallest absolute Gasteiger partial charge is 0.416 e. The summed E-state index contributed by atoms with van der Waals surface area (Å²) in [5.41, 5.74) is 2.85. The number of hydrogen-bond acceptors (Lipinski definition) is 3. The van der Waals surface area contributed by atoms with E-state index in [4.69, 9.17) is 4.74 Å². The molecule has 0 radical (unpaired) electrons. The van der Waals surface area contributed by atoms with Gasteiger partial charge in [0.05, 0.1) is 5.56 Å². The number of carboxylic acids is 1. The minimum atomic E-state index is -4.69. The zero-order chi connectivity index (χ0) is 25.2. The van der Waals surface area contributed by atoms with Gasteiger partial charge in [-0.25, -0.2) is 14.0 Å². The summed E-state index contributed by atoms with van der Waals surface area (Å²) >= 11 is 0. The first-order chi connectivity index (χ1) is 16.6. The van der Waals surface area contributed by atoms with Crippen LogP contribution in [0.25, 0.3) is 11.1 Å². The van der Waals surface area contributed by atoms with Gasteiger partial charge in [-0.3, -0.25) is 0 Å². The maximum absolute atomic E-state index is 14.1. The van der Waals surface area contributed by atoms with Crippen LogP contribution in [0.4, 0.5) is 22.4 Å². The molecule has 9 heteroatoms. The molecule has 0 aromatic heterocycles. The number of benzene rings is 3. The van der Waals surface area contributed by atoms with Gasteiger partial charge in [-0.1, -0.05) is 54.6 Å². The van der Waals surface area contributed by atoms with E-state index in [1.54, 1.807) is 0 Å². The lowest BCUT2D eigenvalue weighted by molar-refractivity contribution is -0.139. The molecule has 182 valence electrons. The van der Waals surface area contributed by atoms with Crippen LogP contribution in [0.15, 0.2) is 66.7 Å². The molecule has 35 heavy (non-hydrogen) atoms. The highest BCUT2D eigenvalue weighted by Gasteiger charge is 2.32. The first kappa shape index (κ1) is 24.3. The van der Waals surface area contributed by atoms with Crippen LogP contribution in [0.1, 0.15) is 34.6 Å². The van der Waals surface area contributed by atoms with Gasteiger partial charge in [0.2, 0.25) is 0 Å². The molecular formula is C26H21F4NO4. The molecule has 4 rings (SSSR count). The van der Waals surface area contributed by atoms with E-state index in [1.165, 1.54) is 0 Å². The number of fused-ring (bicyclic) bond motifs is 3. The van der Waals surface area contributed by atoms with E-state index in [9.17, 15) is 32.3 Å². The van der Waals surface area contributed by atoms with E-state index in [-0.39, 0.29) is 30.9 Å². The number of amides is 1. The molecule has 1 aliphatic rings. The predicted molar refractivity (Wildman–Crippen MR) is 119 cm³/mol. The summed E-state index contributed by atoms with van der Waals surface area (Å²) in [5.74, 6) is -2.67. The number of hydrogen-bond donors (Lipinski definition) is 2. The fourth-order valence-electron chi connectivity index (χ4n) is 4.27. The van der Waals surface area contributed by atoms with Crippen molar-refractivity contribution < 1.29 is 37.0 Å². The molecule has 1 aliphatic carbocycles. The van der Waals surface area contributed by atoms with Gasteiger partial charge >= 0.3 is 18.2 Å². The van der Waals surface area contributed by atoms with Crippen LogP contribution in [-0.4, -0.2) is 29.8 Å². The predicted octanol–water partition coefficient (Wildman–Crippen LogP) is 5.77. The number of halogens is 4. The highest BCUT2D eigenvalue weighted by molar-refractivity contribution is 5.81. The summed E-state index contributed by atoms with van der Waals surface area (Å²) in [5, 5.41) is 11.7. The third-order valence-corrected chi connectivity index (χ3v) is 6.02. The highest BCUT2D eigenvalue weighted by Crippen LogP contribution is 2.44. The van der Waals surface area contributed by atoms with Gasteiger partial charge in [0, 0.05) is 5.92 Å². The third kappa shape index (κ3) is 5.29. The van der Waals surface area contributed by atoms with Crippen LogP contribution in [0.5, 0.6) is 0 Å². The van der Waals surface area contributed by atoms with Crippen LogP contribution in [0, 0.1) is 5.82 Å². The van der Waals surface area contributed by atoms with Gasteiger partial charge in [0.15, 0.2) is 0 Å². The summed E-state index contributed by atoms with van der Waals surface area (Å²) < 4.78 is 57.5. The second-order valence-corrected chi connectivity index (χ2v) is 8.20. The Morgan fingerprint density at radius 2 is 1.57 bits per heavy atom. The lowest BCUT2D eigenvalue weighted by Crippen LogP contribution is -2.41. The van der Waals surface area contributed by atoms with E-state index in [0.717, 1.165) is 34.4 Å². The molecular weight excluding hydrogens is 466 g/mol. The first-order valence-electron chi connectivity index (χ1n) is 10.8. The third-order valence-electron chi connectivity index (χ3n) is 6.02. The molecule has 0 unspecified atom stereocenters. The molecule has 2 N–H and O–H groups in total. The van der Waals surface area contributed by atoms with Crippen molar-refractivity contribution in [2.45, 2.75) is 31.0 Å². The van der Waals surface area contributed by atoms with Gasteiger partial charge in [-0.15, -0.1) is 0 Å². The van der Waals surface area contributed by atoms with Gasteiger partial charge in [0.1, 0.15) is 18.5 Å². The Balaban J connectivity index is 1.38. The zero-order valence-corrected chi connectivity index (χ0v) is 18.3. The lowest BCUT2D eigenvalue weighted by atomic mass is 9.98. The fourth-order valence-corrected chi connectivity index (χ4v) is 4.27. The Hall–Kier alpha value is -3.88. The molecule has 3 aromatic rings. The Kier molecular flexibility index (Phi) is 6.77. The number of aliphatic carboxylic acids is 1. The Morgan fingerprint density at radius 3 is 2.11 bits per heavy atom. The maximum atomic E-state index is 14.1. The molecule has 0 aliphatic heterocycles. The molecule has 0 saturated heterocycles. The summed E-state index contributed by atoms with van der Waals surface area (Å²) in [6.07, 6.45) is -6.06. The number of alkyl halides is 3. The molecule has 0 fully saturated rings. The molecule has 0 saturated carbocycles. The highest BCUT2D eigenvalue weighted by atomic mass is 19.4. The number of carboxylic acid groups (broad SMARTS) is 1. The van der Waals surface area contributed by atoms with Crippen LogP contribution in [-0.2, 0) is 22.1 Å². The maximum Gasteiger partial charge on any atom is 0.416 e. The Morgan fingerprint density at radius 1 is 0.971 bits per heavy atom. The monoisotopic (exact) mass is 487 g/mol. The van der Waals surface area contributed by atoms with Gasteiger partial charge < -0.3 is 15.2 Å². The van der Waals surface area contributed by atoms with E-state index < -0.39 is 35.7 Å². The van der Waals surface area contributed by atoms with E-state index in [1.807, 2.05) is 48.5 Å². The Labute approximate surface area is 198 Å². The fraction of sp³-hybridized carbons (Fsp3) is 0.231. The minimum Gasteiger partial charge on any atom is -0.480 e. The average Bonchev–Trinajstić information content (AvgIpc) is 3.14. The van der Waals surface area contributed by atoms with E-state index >= 15 is 0 Å². The van der Waals surface area contributed by atoms with Crippen molar-refractivity contribution in [1.82, 2.24) is 5.32 Å². The van der Waals surface area contributed by atoms with Crippen molar-refractivity contribution in [3.05, 3.63) is 94.8 Å². The quantitative estimate of drug-likeness (QED) is 0.415. The number of alkyl carbamates (subject to hydrolysis) is 1. The molecule has 0 spiro atoms. The molecule has 0 bridgehead atoms. The van der Waals surface area contributed by atoms with Crippen LogP contribution < -0.4 is 5.32 Å². The molecule has 0 heterocycles. The van der Waals surface area contributed by atoms with Crippen LogP contribution >= 0.6 is 0 Å². The molecule has 1 atom stereocenters. The largest absolute Gasteiger partial charge is 0.480 e. The van der Waals surface area contributed by atoms with Crippen molar-refractivity contribution in [1.29, 1.82) is 0 Å². The SMILES string of the molecule is O=C(N[C@@H](CCc1ccc(C(F)(F)F)cc1F)C(=O)O)OCC1c2ccccc2-c2ccccc21. The standard InChI is InChI=1S/C26H21F4NO4/c27-22-13-16(26(28,29)30)11-9-15(22)10-12-23(24(32)33)31-25(34)35-14-21-19-7-3-1-5-17(19)18-6-2-4-8-20(18)21/h1-9,11,13,21,23H,10,12,14H2,(H,31,34)(H,32,33)/t23-/m0/s1. The number of ether oxygens (including phenoxy) is 1. The molecule has 1 amide bonds. The zero-order valence-electron chi connectivity index (χ0n) is 18.3. The second kappa shape index (κ2) is 9.77. The number of rotatable bonds is 7. The normalized spacial score (nSPS) is 13.6. The van der Waals surface area contributed by atoms with Gasteiger partial charge in [0.25, 0.3) is 0 Å². The summed E-state index contributed by atoms with van der Waals surface area (Å²) in [6.45, 7) is -0.0142. The average molecular weight is 487 g/mol. The molecule has 3 aromatic carbocycles. The van der Waals surface area contributed by atoms with Gasteiger partial charge in [-0.2, -0.15) is 13.2 Å². The second-order valence-electron chi connectivity index (χ2n) is 8.20. The topological polar surface area (TPSA) is 75.6 Å². The lowest BCUT2D eigenvalue weighted by Gasteiger charge is -2.18. The van der Waals surface area contributed by atoms with Crippen molar-refractivity contribution >= 4 is 12.1 Å². The van der Waals surface area contributed by atoms with E-state index in [0.29, 0.717) is 6.07 Å². The minimum absolute atomic E-state index is 0.0142. The molecule has 5 nitrogen and oxygen atoms in total. The number of carbonyl (C=O) groups is 2. The summed E-state index contributed by atoms with van der Waals surface area (Å²) in [4.78, 5) is 24.0. The van der Waals surface area contributed by atoms with Gasteiger partial charge in [-0.05, 0) is 52.8 Å². The van der Waals surface area contributed by atoms with Crippen molar-refractivity contribution in [3.63, 3.8) is 0 Å². The van der Waals surface area contributed by atoms with Crippen LogP contribution in [0.3, 0.4) is 0 Å². The van der Waals surface area contributed by atoms with Crippen molar-refractivity contribution in [2.24, 2.45) is 0 Å². The first-order valence-corrected chi connectivity index (χ1v) is 10.8. The van der Waals surface area contributed by atoms with E-state index in [2.05, 4.69) is 5.32 Å². The van der Waals surface area contributed by atoms with Crippen LogP contribution in [0.2, 0.25) is 0 Å². The number of aryl methyl sites for hydroxylation is 1. The number of nitrogens with one attached hydrogen (secondary N) is 1. The summed E-state index contributed by atoms with van der Waals surface area (Å²) in [6, 6.07) is 16.1. The summed E-state index contributed by atoms with van der Waals surface area (Å²) in [7, 11) is 0. The van der Waals surface area contributed by atoms with Crippen molar-refractivity contribution in [3.8, 4) is 11.1 Å². The van der Waals surface area contributed by atoms with Crippen molar-refractivity contribution in [2.75, 3.05) is 6.61 Å². The number of carbonyl (C=O) groups excluding carboxylic acids is 1.